The number of hydrogen-bond acceptors (Lipinski definition) is 13. The van der Waals surface area contributed by atoms with Crippen molar-refractivity contribution in [2.75, 3.05) is 37.8 Å². The summed E-state index contributed by atoms with van der Waals surface area (Å²) in [6, 6.07) is 6.12. The van der Waals surface area contributed by atoms with Gasteiger partial charge in [0.2, 0.25) is 5.95 Å². The third-order valence-corrected chi connectivity index (χ3v) is 6.75. The number of fused-ring (bicyclic) bond motifs is 1. The molecular weight excluding hydrogens is 496 g/mol. The van der Waals surface area contributed by atoms with Gasteiger partial charge in [-0.15, -0.1) is 0 Å². The van der Waals surface area contributed by atoms with Crippen LogP contribution in [0.2, 0.25) is 0 Å². The Kier molecular flexibility index (Phi) is 8.30. The zero-order valence-electron chi connectivity index (χ0n) is 19.0. The van der Waals surface area contributed by atoms with E-state index in [1.165, 1.54) is 34.8 Å². The van der Waals surface area contributed by atoms with Gasteiger partial charge < -0.3 is 35.2 Å². The molecule has 0 bridgehead atoms. The number of hydrogen-bond donors (Lipinski definition) is 5. The maximum atomic E-state index is 10.9. The average Bonchev–Trinajstić information content (AvgIpc) is 3.43. The van der Waals surface area contributed by atoms with Crippen LogP contribution in [0.15, 0.2) is 35.6 Å². The molecule has 0 amide bonds. The summed E-state index contributed by atoms with van der Waals surface area (Å²) in [6.45, 7) is -0.596. The van der Waals surface area contributed by atoms with Crippen molar-refractivity contribution >= 4 is 34.6 Å². The molecule has 14 nitrogen and oxygen atoms in total. The number of thioether (sulfide) groups is 1. The van der Waals surface area contributed by atoms with E-state index in [1.807, 2.05) is 0 Å². The molecule has 0 aliphatic carbocycles. The summed E-state index contributed by atoms with van der Waals surface area (Å²) in [5.74, 6) is 0.606. The molecule has 2 aromatic heterocycles. The van der Waals surface area contributed by atoms with Crippen molar-refractivity contribution in [2.45, 2.75) is 35.3 Å². The lowest BCUT2D eigenvalue weighted by Crippen LogP contribution is -2.33. The molecule has 4 atom stereocenters. The van der Waals surface area contributed by atoms with Crippen molar-refractivity contribution in [1.82, 2.24) is 19.5 Å². The van der Waals surface area contributed by atoms with Gasteiger partial charge in [-0.25, -0.2) is 9.97 Å². The van der Waals surface area contributed by atoms with Crippen LogP contribution >= 0.6 is 11.8 Å². The first-order valence-corrected chi connectivity index (χ1v) is 12.1. The zero-order chi connectivity index (χ0) is 25.8. The van der Waals surface area contributed by atoms with Gasteiger partial charge in [0.25, 0.3) is 5.69 Å². The molecule has 4 rings (SSSR count). The van der Waals surface area contributed by atoms with Gasteiger partial charge in [0, 0.05) is 31.0 Å². The number of ether oxygens (including phenoxy) is 1. The first-order valence-electron chi connectivity index (χ1n) is 11.1. The lowest BCUT2D eigenvalue weighted by Gasteiger charge is -2.22. The van der Waals surface area contributed by atoms with E-state index < -0.39 is 36.1 Å². The summed E-state index contributed by atoms with van der Waals surface area (Å²) in [7, 11) is 0. The summed E-state index contributed by atoms with van der Waals surface area (Å²) >= 11 is 1.31. The molecule has 0 unspecified atom stereocenters. The van der Waals surface area contributed by atoms with Crippen LogP contribution in [0.3, 0.4) is 0 Å². The summed E-state index contributed by atoms with van der Waals surface area (Å²) in [6.07, 6.45) is -3.32. The summed E-state index contributed by atoms with van der Waals surface area (Å²) in [5.41, 5.74) is 1.46. The van der Waals surface area contributed by atoms with E-state index in [0.29, 0.717) is 16.3 Å². The minimum Gasteiger partial charge on any atom is -0.395 e. The van der Waals surface area contributed by atoms with Crippen molar-refractivity contribution in [3.63, 3.8) is 0 Å². The molecule has 1 aromatic carbocycles. The molecule has 1 fully saturated rings. The van der Waals surface area contributed by atoms with E-state index in [2.05, 4.69) is 15.0 Å². The SMILES string of the molecule is O=[N+]([O-])c1ccc(CSc2nc(N(CCO)CCO)nc3c2ncn3[C@@H]2O[C@H](CO)[C@@H](O)[C@H]2O)cc1. The van der Waals surface area contributed by atoms with Gasteiger partial charge in [0.05, 0.1) is 31.1 Å². The highest BCUT2D eigenvalue weighted by Gasteiger charge is 2.44. The molecule has 0 spiro atoms. The first kappa shape index (κ1) is 26.2. The van der Waals surface area contributed by atoms with Crippen molar-refractivity contribution in [1.29, 1.82) is 0 Å². The lowest BCUT2D eigenvalue weighted by molar-refractivity contribution is -0.384. The van der Waals surface area contributed by atoms with Crippen LogP contribution in [0.25, 0.3) is 11.2 Å². The van der Waals surface area contributed by atoms with Crippen molar-refractivity contribution in [2.24, 2.45) is 0 Å². The minimum atomic E-state index is -1.35. The second-order valence-electron chi connectivity index (χ2n) is 8.03. The monoisotopic (exact) mass is 522 g/mol. The zero-order valence-corrected chi connectivity index (χ0v) is 19.8. The Hall–Kier alpha value is -2.92. The molecular formula is C21H26N6O8S. The fourth-order valence-electron chi connectivity index (χ4n) is 3.84. The molecule has 0 saturated carbocycles. The highest BCUT2D eigenvalue weighted by Crippen LogP contribution is 2.35. The van der Waals surface area contributed by atoms with Gasteiger partial charge in [-0.1, -0.05) is 23.9 Å². The highest BCUT2D eigenvalue weighted by atomic mass is 32.2. The number of non-ortho nitro benzene ring substituents is 1. The normalized spacial score (nSPS) is 21.8. The Morgan fingerprint density at radius 2 is 1.78 bits per heavy atom. The fourth-order valence-corrected chi connectivity index (χ4v) is 4.76. The van der Waals surface area contributed by atoms with Crippen molar-refractivity contribution in [3.05, 3.63) is 46.3 Å². The quantitative estimate of drug-likeness (QED) is 0.0928. The maximum Gasteiger partial charge on any atom is 0.269 e. The van der Waals surface area contributed by atoms with Gasteiger partial charge in [0.15, 0.2) is 11.9 Å². The number of anilines is 1. The van der Waals surface area contributed by atoms with Gasteiger partial charge >= 0.3 is 0 Å². The van der Waals surface area contributed by atoms with Crippen LogP contribution < -0.4 is 4.90 Å². The van der Waals surface area contributed by atoms with Crippen LogP contribution in [0.5, 0.6) is 0 Å². The maximum absolute atomic E-state index is 10.9. The van der Waals surface area contributed by atoms with Crippen LogP contribution in [0.1, 0.15) is 11.8 Å². The Morgan fingerprint density at radius 1 is 1.08 bits per heavy atom. The number of nitro groups is 1. The molecule has 15 heteroatoms. The molecule has 1 aliphatic rings. The van der Waals surface area contributed by atoms with Crippen LogP contribution in [0, 0.1) is 10.1 Å². The Bertz CT molecular complexity index is 1190. The predicted octanol–water partition coefficient (Wildman–Crippen LogP) is -0.571. The minimum absolute atomic E-state index is 0.0173. The van der Waals surface area contributed by atoms with Crippen molar-refractivity contribution < 1.29 is 35.2 Å². The molecule has 5 N–H and O–H groups in total. The first-order chi connectivity index (χ1) is 17.4. The summed E-state index contributed by atoms with van der Waals surface area (Å²) in [5, 5.41) is 60.5. The van der Waals surface area contributed by atoms with Crippen LogP contribution in [-0.2, 0) is 10.5 Å². The van der Waals surface area contributed by atoms with Gasteiger partial charge in [-0.2, -0.15) is 4.98 Å². The van der Waals surface area contributed by atoms with Crippen LogP contribution in [0.4, 0.5) is 11.6 Å². The third-order valence-electron chi connectivity index (χ3n) is 5.71. The third kappa shape index (κ3) is 5.27. The van der Waals surface area contributed by atoms with E-state index in [-0.39, 0.29) is 43.6 Å². The lowest BCUT2D eigenvalue weighted by atomic mass is 10.1. The number of aromatic nitrogens is 4. The molecule has 194 valence electrons. The summed E-state index contributed by atoms with van der Waals surface area (Å²) < 4.78 is 7.08. The van der Waals surface area contributed by atoms with E-state index in [4.69, 9.17) is 4.74 Å². The fraction of sp³-hybridized carbons (Fsp3) is 0.476. The Balaban J connectivity index is 1.72. The number of nitro benzene ring substituents is 1. The van der Waals surface area contributed by atoms with E-state index in [1.54, 1.807) is 17.0 Å². The molecule has 3 aromatic rings. The molecule has 0 radical (unpaired) electrons. The van der Waals surface area contributed by atoms with E-state index in [9.17, 15) is 35.6 Å². The predicted molar refractivity (Wildman–Crippen MR) is 127 cm³/mol. The number of aliphatic hydroxyl groups is 5. The smallest absolute Gasteiger partial charge is 0.269 e. The van der Waals surface area contributed by atoms with Gasteiger partial charge in [-0.05, 0) is 5.56 Å². The van der Waals surface area contributed by atoms with Crippen molar-refractivity contribution in [3.8, 4) is 0 Å². The molecule has 3 heterocycles. The Morgan fingerprint density at radius 3 is 2.36 bits per heavy atom. The van der Waals surface area contributed by atoms with E-state index >= 15 is 0 Å². The molecule has 36 heavy (non-hydrogen) atoms. The Labute approximate surface area is 209 Å². The topological polar surface area (TPSA) is 200 Å². The second kappa shape index (κ2) is 11.4. The number of nitrogens with zero attached hydrogens (tertiary/aromatic N) is 6. The second-order valence-corrected chi connectivity index (χ2v) is 8.99. The largest absolute Gasteiger partial charge is 0.395 e. The number of aliphatic hydroxyl groups excluding tert-OH is 5. The van der Waals surface area contributed by atoms with E-state index in [0.717, 1.165) is 5.56 Å². The molecule has 1 saturated heterocycles. The average molecular weight is 523 g/mol. The summed E-state index contributed by atoms with van der Waals surface area (Å²) in [4.78, 5) is 25.5. The standard InChI is InChI=1S/C21H26N6O8S/c28-7-5-25(6-8-29)21-23-18-15(22-11-26(18)20-17(32)16(31)14(9-30)35-20)19(24-21)36-10-12-1-3-13(4-2-12)27(33)34/h1-4,11,14,16-17,20,28-32H,5-10H2/t14-,16-,17-,20-/m1/s1. The number of rotatable bonds is 11. The number of benzene rings is 1. The number of imidazole rings is 1. The van der Waals surface area contributed by atoms with Gasteiger partial charge in [-0.3, -0.25) is 14.7 Å². The highest BCUT2D eigenvalue weighted by molar-refractivity contribution is 7.98. The molecule has 1 aliphatic heterocycles. The van der Waals surface area contributed by atoms with Gasteiger partial charge in [0.1, 0.15) is 28.9 Å². The van der Waals surface area contributed by atoms with Crippen LogP contribution in [-0.4, -0.2) is 101 Å².